The Kier molecular flexibility index (Phi) is 6.61. The number of nitrogens with zero attached hydrogens (tertiary/aromatic N) is 2. The van der Waals surface area contributed by atoms with Crippen LogP contribution in [0, 0.1) is 6.92 Å². The van der Waals surface area contributed by atoms with Crippen LogP contribution in [0.3, 0.4) is 0 Å². The summed E-state index contributed by atoms with van der Waals surface area (Å²) in [4.78, 5) is 2.55. The number of hydrogen-bond acceptors (Lipinski definition) is 4. The molecule has 3 aromatic rings. The van der Waals surface area contributed by atoms with Gasteiger partial charge in [0.25, 0.3) is 0 Å². The van der Waals surface area contributed by atoms with E-state index in [9.17, 15) is 13.5 Å². The van der Waals surface area contributed by atoms with Gasteiger partial charge >= 0.3 is 0 Å². The summed E-state index contributed by atoms with van der Waals surface area (Å²) in [5, 5.41) is 10.5. The van der Waals surface area contributed by atoms with Gasteiger partial charge in [0.1, 0.15) is 5.75 Å². The highest BCUT2D eigenvalue weighted by atomic mass is 32.2. The molecule has 0 amide bonds. The van der Waals surface area contributed by atoms with Crippen LogP contribution in [0.15, 0.2) is 77.7 Å². The van der Waals surface area contributed by atoms with Gasteiger partial charge in [-0.2, -0.15) is 4.31 Å². The van der Waals surface area contributed by atoms with Gasteiger partial charge < -0.3 is 5.11 Å². The second-order valence-corrected chi connectivity index (χ2v) is 11.3. The van der Waals surface area contributed by atoms with E-state index in [-0.39, 0.29) is 11.2 Å². The van der Waals surface area contributed by atoms with E-state index in [4.69, 9.17) is 0 Å². The SMILES string of the molecule is Cc1ccc(S(=O)(=O)N2CCN(Cc3cc(C(C)(C)c4ccccc4)ccc3O)CC2)cc1. The zero-order valence-electron chi connectivity index (χ0n) is 19.5. The lowest BCUT2D eigenvalue weighted by Gasteiger charge is -2.34. The van der Waals surface area contributed by atoms with E-state index in [1.807, 2.05) is 43.3 Å². The molecule has 0 spiro atoms. The van der Waals surface area contributed by atoms with E-state index in [2.05, 4.69) is 36.9 Å². The molecule has 0 atom stereocenters. The van der Waals surface area contributed by atoms with E-state index in [1.54, 1.807) is 22.5 Å². The predicted molar refractivity (Wildman–Crippen MR) is 132 cm³/mol. The van der Waals surface area contributed by atoms with E-state index >= 15 is 0 Å². The highest BCUT2D eigenvalue weighted by Crippen LogP contribution is 2.34. The average Bonchev–Trinajstić information content (AvgIpc) is 2.81. The maximum absolute atomic E-state index is 13.0. The van der Waals surface area contributed by atoms with Crippen molar-refractivity contribution in [1.82, 2.24) is 9.21 Å². The lowest BCUT2D eigenvalue weighted by molar-refractivity contribution is 0.180. The summed E-state index contributed by atoms with van der Waals surface area (Å²) in [6.07, 6.45) is 0. The molecule has 0 aromatic heterocycles. The molecule has 174 valence electrons. The molecular formula is C27H32N2O3S. The Morgan fingerprint density at radius 1 is 0.848 bits per heavy atom. The van der Waals surface area contributed by atoms with Crippen LogP contribution in [-0.4, -0.2) is 48.9 Å². The van der Waals surface area contributed by atoms with Crippen molar-refractivity contribution in [2.75, 3.05) is 26.2 Å². The van der Waals surface area contributed by atoms with Crippen molar-refractivity contribution in [2.45, 2.75) is 37.6 Å². The Labute approximate surface area is 197 Å². The molecule has 1 fully saturated rings. The number of piperazine rings is 1. The first kappa shape index (κ1) is 23.5. The molecule has 5 nitrogen and oxygen atoms in total. The van der Waals surface area contributed by atoms with Crippen molar-refractivity contribution >= 4 is 10.0 Å². The van der Waals surface area contributed by atoms with E-state index in [0.717, 1.165) is 16.7 Å². The lowest BCUT2D eigenvalue weighted by Crippen LogP contribution is -2.48. The second-order valence-electron chi connectivity index (χ2n) is 9.33. The van der Waals surface area contributed by atoms with Crippen LogP contribution in [0.25, 0.3) is 0 Å². The molecule has 1 heterocycles. The van der Waals surface area contributed by atoms with Crippen LogP contribution < -0.4 is 0 Å². The Hall–Kier alpha value is -2.67. The van der Waals surface area contributed by atoms with Crippen LogP contribution in [0.1, 0.15) is 36.1 Å². The van der Waals surface area contributed by atoms with Gasteiger partial charge in [-0.3, -0.25) is 4.90 Å². The number of rotatable bonds is 6. The summed E-state index contributed by atoms with van der Waals surface area (Å²) in [5.41, 5.74) is 4.08. The van der Waals surface area contributed by atoms with Crippen molar-refractivity contribution in [2.24, 2.45) is 0 Å². The molecule has 1 saturated heterocycles. The molecule has 0 bridgehead atoms. The van der Waals surface area contributed by atoms with Crippen molar-refractivity contribution in [3.8, 4) is 5.75 Å². The molecule has 1 N–H and O–H groups in total. The molecule has 1 aliphatic heterocycles. The molecule has 0 unspecified atom stereocenters. The fourth-order valence-corrected chi connectivity index (χ4v) is 5.77. The summed E-state index contributed by atoms with van der Waals surface area (Å²) in [6, 6.07) is 23.2. The fourth-order valence-electron chi connectivity index (χ4n) is 4.35. The zero-order valence-corrected chi connectivity index (χ0v) is 20.3. The van der Waals surface area contributed by atoms with E-state index in [1.165, 1.54) is 5.56 Å². The number of phenols is 1. The monoisotopic (exact) mass is 464 g/mol. The minimum Gasteiger partial charge on any atom is -0.508 e. The van der Waals surface area contributed by atoms with Gasteiger partial charge in [-0.05, 0) is 42.3 Å². The van der Waals surface area contributed by atoms with Crippen LogP contribution in [0.4, 0.5) is 0 Å². The highest BCUT2D eigenvalue weighted by molar-refractivity contribution is 7.89. The normalized spacial score (nSPS) is 16.1. The van der Waals surface area contributed by atoms with Gasteiger partial charge in [0.15, 0.2) is 0 Å². The third-order valence-electron chi connectivity index (χ3n) is 6.68. The van der Waals surface area contributed by atoms with E-state index in [0.29, 0.717) is 37.6 Å². The molecule has 6 heteroatoms. The number of hydrogen-bond donors (Lipinski definition) is 1. The number of aromatic hydroxyl groups is 1. The predicted octanol–water partition coefficient (Wildman–Crippen LogP) is 4.53. The minimum atomic E-state index is -3.48. The second kappa shape index (κ2) is 9.29. The molecule has 3 aromatic carbocycles. The highest BCUT2D eigenvalue weighted by Gasteiger charge is 2.29. The minimum absolute atomic E-state index is 0.190. The summed E-state index contributed by atoms with van der Waals surface area (Å²) in [7, 11) is -3.48. The standard InChI is InChI=1S/C27H32N2O3S/c1-21-9-12-25(13-10-21)33(31,32)29-17-15-28(16-18-29)20-22-19-24(11-14-26(22)30)27(2,3)23-7-5-4-6-8-23/h4-14,19,30H,15-18,20H2,1-3H3. The quantitative estimate of drug-likeness (QED) is 0.582. The lowest BCUT2D eigenvalue weighted by atomic mass is 9.77. The summed E-state index contributed by atoms with van der Waals surface area (Å²) in [6.45, 7) is 9.02. The van der Waals surface area contributed by atoms with Crippen molar-refractivity contribution < 1.29 is 13.5 Å². The van der Waals surface area contributed by atoms with Crippen molar-refractivity contribution in [3.63, 3.8) is 0 Å². The maximum Gasteiger partial charge on any atom is 0.243 e. The van der Waals surface area contributed by atoms with Crippen molar-refractivity contribution in [3.05, 3.63) is 95.1 Å². The average molecular weight is 465 g/mol. The van der Waals surface area contributed by atoms with Gasteiger partial charge in [-0.15, -0.1) is 0 Å². The van der Waals surface area contributed by atoms with Gasteiger partial charge in [0, 0.05) is 43.7 Å². The van der Waals surface area contributed by atoms with Crippen LogP contribution in [0.2, 0.25) is 0 Å². The third-order valence-corrected chi connectivity index (χ3v) is 8.59. The zero-order chi connectivity index (χ0) is 23.6. The Morgan fingerprint density at radius 3 is 2.12 bits per heavy atom. The van der Waals surface area contributed by atoms with Gasteiger partial charge in [-0.25, -0.2) is 8.42 Å². The van der Waals surface area contributed by atoms with Gasteiger partial charge in [-0.1, -0.05) is 67.9 Å². The maximum atomic E-state index is 13.0. The smallest absolute Gasteiger partial charge is 0.243 e. The van der Waals surface area contributed by atoms with Crippen LogP contribution in [0.5, 0.6) is 5.75 Å². The largest absolute Gasteiger partial charge is 0.508 e. The number of phenolic OH excluding ortho intramolecular Hbond substituents is 1. The van der Waals surface area contributed by atoms with Gasteiger partial charge in [0.2, 0.25) is 10.0 Å². The first-order valence-electron chi connectivity index (χ1n) is 11.3. The Bertz CT molecular complexity index is 1200. The van der Waals surface area contributed by atoms with Gasteiger partial charge in [0.05, 0.1) is 4.90 Å². The topological polar surface area (TPSA) is 60.9 Å². The summed E-state index contributed by atoms with van der Waals surface area (Å²) >= 11 is 0. The number of sulfonamides is 1. The molecule has 0 saturated carbocycles. The molecule has 4 rings (SSSR count). The molecular weight excluding hydrogens is 432 g/mol. The molecule has 1 aliphatic rings. The van der Waals surface area contributed by atoms with E-state index < -0.39 is 10.0 Å². The Morgan fingerprint density at radius 2 is 1.48 bits per heavy atom. The molecule has 33 heavy (non-hydrogen) atoms. The Balaban J connectivity index is 1.46. The number of aryl methyl sites for hydroxylation is 1. The summed E-state index contributed by atoms with van der Waals surface area (Å²) in [5.74, 6) is 0.275. The number of benzene rings is 3. The molecule has 0 radical (unpaired) electrons. The first-order chi connectivity index (χ1) is 15.7. The third kappa shape index (κ3) is 4.98. The first-order valence-corrected chi connectivity index (χ1v) is 12.8. The van der Waals surface area contributed by atoms with Crippen LogP contribution in [-0.2, 0) is 22.0 Å². The fraction of sp³-hybridized carbons (Fsp3) is 0.333. The van der Waals surface area contributed by atoms with Crippen molar-refractivity contribution in [1.29, 1.82) is 0 Å². The van der Waals surface area contributed by atoms with Crippen LogP contribution >= 0.6 is 0 Å². The summed E-state index contributed by atoms with van der Waals surface area (Å²) < 4.78 is 27.5. The molecule has 0 aliphatic carbocycles.